The summed E-state index contributed by atoms with van der Waals surface area (Å²) >= 11 is 0. The Bertz CT molecular complexity index is 831. The third-order valence-electron chi connectivity index (χ3n) is 3.99. The van der Waals surface area contributed by atoms with E-state index in [1.807, 2.05) is 56.3 Å². The van der Waals surface area contributed by atoms with Crippen LogP contribution in [0.25, 0.3) is 10.8 Å². The van der Waals surface area contributed by atoms with Crippen molar-refractivity contribution in [3.05, 3.63) is 42.5 Å². The van der Waals surface area contributed by atoms with Crippen LogP contribution in [0.4, 0.5) is 4.79 Å². The van der Waals surface area contributed by atoms with E-state index in [0.29, 0.717) is 5.75 Å². The van der Waals surface area contributed by atoms with E-state index in [1.54, 1.807) is 0 Å². The number of hydrogen-bond acceptors (Lipinski definition) is 4. The number of nitrogens with zero attached hydrogens (tertiary/aromatic N) is 2. The van der Waals surface area contributed by atoms with Crippen molar-refractivity contribution in [1.29, 1.82) is 0 Å². The minimum Gasteiger partial charge on any atom is -0.492 e. The van der Waals surface area contributed by atoms with Gasteiger partial charge in [-0.15, -0.1) is 0 Å². The summed E-state index contributed by atoms with van der Waals surface area (Å²) in [4.78, 5) is 38.1. The van der Waals surface area contributed by atoms with Crippen molar-refractivity contribution < 1.29 is 19.1 Å². The molecule has 1 saturated heterocycles. The number of carbonyl (C=O) groups is 3. The maximum atomic E-state index is 12.2. The fraction of sp³-hybridized carbons (Fsp3) is 0.316. The molecule has 0 radical (unpaired) electrons. The van der Waals surface area contributed by atoms with Gasteiger partial charge in [-0.3, -0.25) is 19.4 Å². The normalized spacial score (nSPS) is 14.9. The molecule has 1 fully saturated rings. The van der Waals surface area contributed by atoms with Gasteiger partial charge in [0.05, 0.1) is 6.54 Å². The van der Waals surface area contributed by atoms with Gasteiger partial charge in [0.15, 0.2) is 0 Å². The van der Waals surface area contributed by atoms with Gasteiger partial charge in [0.1, 0.15) is 12.4 Å². The third kappa shape index (κ3) is 3.47. The molecule has 3 rings (SSSR count). The Morgan fingerprint density at radius 3 is 2.32 bits per heavy atom. The molecule has 0 atom stereocenters. The number of benzene rings is 2. The minimum atomic E-state index is -0.784. The van der Waals surface area contributed by atoms with Crippen molar-refractivity contribution in [3.8, 4) is 5.75 Å². The number of urea groups is 1. The number of rotatable bonds is 6. The summed E-state index contributed by atoms with van der Waals surface area (Å²) in [5.41, 5.74) is 0. The molecule has 4 amide bonds. The summed E-state index contributed by atoms with van der Waals surface area (Å²) in [6.07, 6.45) is 0. The van der Waals surface area contributed by atoms with Gasteiger partial charge < -0.3 is 4.74 Å². The van der Waals surface area contributed by atoms with Crippen LogP contribution in [0.2, 0.25) is 0 Å². The van der Waals surface area contributed by atoms with Crippen molar-refractivity contribution in [2.45, 2.75) is 13.8 Å². The smallest absolute Gasteiger partial charge is 0.334 e. The lowest BCUT2D eigenvalue weighted by molar-refractivity contribution is -0.143. The first-order valence-electron chi connectivity index (χ1n) is 8.26. The zero-order valence-corrected chi connectivity index (χ0v) is 14.3. The van der Waals surface area contributed by atoms with Crippen molar-refractivity contribution in [2.24, 2.45) is 5.92 Å². The molecule has 1 heterocycles. The minimum absolute atomic E-state index is 0.0465. The summed E-state index contributed by atoms with van der Waals surface area (Å²) in [6, 6.07) is 13.0. The Labute approximate surface area is 146 Å². The van der Waals surface area contributed by atoms with Crippen molar-refractivity contribution in [1.82, 2.24) is 9.80 Å². The maximum absolute atomic E-state index is 12.2. The van der Waals surface area contributed by atoms with Crippen molar-refractivity contribution in [2.75, 3.05) is 19.7 Å². The molecule has 25 heavy (non-hydrogen) atoms. The molecule has 2 aromatic carbocycles. The van der Waals surface area contributed by atoms with E-state index >= 15 is 0 Å². The fourth-order valence-corrected chi connectivity index (χ4v) is 2.79. The molecule has 0 unspecified atom stereocenters. The molecule has 0 aliphatic carbocycles. The number of carbonyl (C=O) groups excluding carboxylic acids is 3. The summed E-state index contributed by atoms with van der Waals surface area (Å²) in [5, 5.41) is 2.15. The quantitative estimate of drug-likeness (QED) is 0.599. The highest BCUT2D eigenvalue weighted by Gasteiger charge is 2.44. The van der Waals surface area contributed by atoms with E-state index in [9.17, 15) is 14.4 Å². The molecule has 6 heteroatoms. The molecule has 0 N–H and O–H groups in total. The summed E-state index contributed by atoms with van der Waals surface area (Å²) in [5.74, 6) is -0.783. The number of fused-ring (bicyclic) bond motifs is 1. The lowest BCUT2D eigenvalue weighted by Crippen LogP contribution is -2.37. The average Bonchev–Trinajstić information content (AvgIpc) is 2.79. The molecule has 1 aliphatic heterocycles. The zero-order chi connectivity index (χ0) is 18.0. The van der Waals surface area contributed by atoms with Gasteiger partial charge in [0, 0.05) is 6.54 Å². The first-order chi connectivity index (χ1) is 12.0. The highest BCUT2D eigenvalue weighted by atomic mass is 16.5. The molecule has 1 aliphatic rings. The van der Waals surface area contributed by atoms with E-state index in [0.717, 1.165) is 20.6 Å². The van der Waals surface area contributed by atoms with Gasteiger partial charge in [-0.05, 0) is 28.8 Å². The van der Waals surface area contributed by atoms with Gasteiger partial charge in [0.2, 0.25) is 0 Å². The van der Waals surface area contributed by atoms with Crippen molar-refractivity contribution >= 4 is 28.6 Å². The van der Waals surface area contributed by atoms with Crippen LogP contribution < -0.4 is 4.74 Å². The van der Waals surface area contributed by atoms with E-state index < -0.39 is 17.8 Å². The SMILES string of the molecule is CC(C)CN1C(=O)C(=O)N(CCOc2ccc3ccccc3c2)C1=O. The summed E-state index contributed by atoms with van der Waals surface area (Å²) in [7, 11) is 0. The fourth-order valence-electron chi connectivity index (χ4n) is 2.79. The molecule has 0 aromatic heterocycles. The van der Waals surface area contributed by atoms with Crippen LogP contribution in [0.5, 0.6) is 5.75 Å². The molecule has 130 valence electrons. The number of imide groups is 2. The summed E-state index contributed by atoms with van der Waals surface area (Å²) in [6.45, 7) is 4.20. The van der Waals surface area contributed by atoms with E-state index in [-0.39, 0.29) is 25.6 Å². The Kier molecular flexibility index (Phi) is 4.70. The second kappa shape index (κ2) is 6.93. The third-order valence-corrected chi connectivity index (χ3v) is 3.99. The van der Waals surface area contributed by atoms with Crippen LogP contribution in [-0.2, 0) is 9.59 Å². The van der Waals surface area contributed by atoms with Gasteiger partial charge in [-0.2, -0.15) is 0 Å². The largest absolute Gasteiger partial charge is 0.492 e. The molecule has 2 aromatic rings. The van der Waals surface area contributed by atoms with Gasteiger partial charge in [-0.25, -0.2) is 4.79 Å². The highest BCUT2D eigenvalue weighted by molar-refractivity contribution is 6.44. The van der Waals surface area contributed by atoms with Crippen LogP contribution in [0.3, 0.4) is 0 Å². The van der Waals surface area contributed by atoms with Gasteiger partial charge >= 0.3 is 17.8 Å². The van der Waals surface area contributed by atoms with Crippen LogP contribution in [-0.4, -0.2) is 47.3 Å². The Morgan fingerprint density at radius 2 is 1.60 bits per heavy atom. The Hall–Kier alpha value is -2.89. The average molecular weight is 340 g/mol. The Morgan fingerprint density at radius 1 is 0.920 bits per heavy atom. The van der Waals surface area contributed by atoms with Gasteiger partial charge in [-0.1, -0.05) is 44.2 Å². The lowest BCUT2D eigenvalue weighted by Gasteiger charge is -2.17. The molecule has 0 saturated carbocycles. The predicted molar refractivity (Wildman–Crippen MR) is 93.1 cm³/mol. The highest BCUT2D eigenvalue weighted by Crippen LogP contribution is 2.21. The maximum Gasteiger partial charge on any atom is 0.334 e. The second-order valence-corrected chi connectivity index (χ2v) is 6.41. The lowest BCUT2D eigenvalue weighted by atomic mass is 10.1. The van der Waals surface area contributed by atoms with Crippen LogP contribution >= 0.6 is 0 Å². The molecule has 0 bridgehead atoms. The van der Waals surface area contributed by atoms with E-state index in [2.05, 4.69) is 0 Å². The monoisotopic (exact) mass is 340 g/mol. The number of amides is 4. The predicted octanol–water partition coefficient (Wildman–Crippen LogP) is 2.67. The number of ether oxygens (including phenoxy) is 1. The molecule has 0 spiro atoms. The number of hydrogen-bond donors (Lipinski definition) is 0. The first kappa shape index (κ1) is 17.0. The second-order valence-electron chi connectivity index (χ2n) is 6.41. The Balaban J connectivity index is 1.62. The molecule has 6 nitrogen and oxygen atoms in total. The van der Waals surface area contributed by atoms with Gasteiger partial charge in [0.25, 0.3) is 0 Å². The van der Waals surface area contributed by atoms with Crippen LogP contribution in [0, 0.1) is 5.92 Å². The van der Waals surface area contributed by atoms with Crippen molar-refractivity contribution in [3.63, 3.8) is 0 Å². The van der Waals surface area contributed by atoms with Crippen LogP contribution in [0.1, 0.15) is 13.8 Å². The standard InChI is InChI=1S/C19H20N2O4/c1-13(2)12-21-18(23)17(22)20(19(21)24)9-10-25-16-8-7-14-5-3-4-6-15(14)11-16/h3-8,11,13H,9-10,12H2,1-2H3. The van der Waals surface area contributed by atoms with Crippen LogP contribution in [0.15, 0.2) is 42.5 Å². The zero-order valence-electron chi connectivity index (χ0n) is 14.3. The summed E-state index contributed by atoms with van der Waals surface area (Å²) < 4.78 is 5.65. The van der Waals surface area contributed by atoms with E-state index in [1.165, 1.54) is 0 Å². The molecular weight excluding hydrogens is 320 g/mol. The molecular formula is C19H20N2O4. The first-order valence-corrected chi connectivity index (χ1v) is 8.26. The topological polar surface area (TPSA) is 66.9 Å². The van der Waals surface area contributed by atoms with E-state index in [4.69, 9.17) is 4.74 Å².